The lowest BCUT2D eigenvalue weighted by molar-refractivity contribution is 0.434. The van der Waals surface area contributed by atoms with E-state index in [2.05, 4.69) is 14.9 Å². The minimum atomic E-state index is -1.46. The Morgan fingerprint density at radius 3 is 2.67 bits per heavy atom. The van der Waals surface area contributed by atoms with Gasteiger partial charge in [0.25, 0.3) is 0 Å². The summed E-state index contributed by atoms with van der Waals surface area (Å²) in [7, 11) is 0. The molecule has 0 spiro atoms. The van der Waals surface area contributed by atoms with E-state index in [1.807, 2.05) is 6.92 Å². The Bertz CT molecular complexity index is 531. The lowest BCUT2D eigenvalue weighted by Gasteiger charge is -2.17. The van der Waals surface area contributed by atoms with Crippen molar-refractivity contribution < 1.29 is 13.2 Å². The van der Waals surface area contributed by atoms with Crippen LogP contribution in [-0.2, 0) is 0 Å². The second-order valence-electron chi connectivity index (χ2n) is 3.58. The summed E-state index contributed by atoms with van der Waals surface area (Å²) in [4.78, 5) is 0.641. The van der Waals surface area contributed by atoms with Crippen molar-refractivity contribution in [3.05, 3.63) is 46.2 Å². The maximum atomic E-state index is 13.7. The average Bonchev–Trinajstić information content (AvgIpc) is 2.88. The Kier molecular flexibility index (Phi) is 3.93. The van der Waals surface area contributed by atoms with Crippen LogP contribution in [0.4, 0.5) is 13.2 Å². The molecule has 0 aliphatic rings. The van der Waals surface area contributed by atoms with Crippen LogP contribution in [-0.4, -0.2) is 16.1 Å². The van der Waals surface area contributed by atoms with E-state index in [-0.39, 0.29) is 5.56 Å². The fraction of sp³-hybridized carbons (Fsp3) is 0.273. The summed E-state index contributed by atoms with van der Waals surface area (Å²) in [5.41, 5.74) is 0.0433. The Morgan fingerprint density at radius 1 is 1.28 bits per heavy atom. The number of nitrogens with zero attached hydrogens (tertiary/aromatic N) is 2. The van der Waals surface area contributed by atoms with Gasteiger partial charge in [-0.3, -0.25) is 0 Å². The number of aromatic nitrogens is 2. The van der Waals surface area contributed by atoms with E-state index >= 15 is 0 Å². The van der Waals surface area contributed by atoms with Gasteiger partial charge < -0.3 is 5.32 Å². The van der Waals surface area contributed by atoms with Gasteiger partial charge in [0.2, 0.25) is 0 Å². The maximum absolute atomic E-state index is 13.7. The molecule has 0 bridgehead atoms. The van der Waals surface area contributed by atoms with Gasteiger partial charge in [0.15, 0.2) is 17.5 Å². The van der Waals surface area contributed by atoms with Gasteiger partial charge in [-0.2, -0.15) is 0 Å². The zero-order chi connectivity index (χ0) is 13.1. The average molecular weight is 273 g/mol. The minimum Gasteiger partial charge on any atom is -0.306 e. The first-order valence-corrected chi connectivity index (χ1v) is 6.06. The van der Waals surface area contributed by atoms with Crippen LogP contribution in [0.25, 0.3) is 0 Å². The maximum Gasteiger partial charge on any atom is 0.194 e. The van der Waals surface area contributed by atoms with E-state index in [1.54, 1.807) is 0 Å². The van der Waals surface area contributed by atoms with Crippen molar-refractivity contribution in [2.24, 2.45) is 0 Å². The highest BCUT2D eigenvalue weighted by molar-refractivity contribution is 7.05. The predicted octanol–water partition coefficient (Wildman–Crippen LogP) is 2.65. The summed E-state index contributed by atoms with van der Waals surface area (Å²) < 4.78 is 43.5. The number of nitrogens with one attached hydrogen (secondary N) is 1. The van der Waals surface area contributed by atoms with Crippen LogP contribution in [0.5, 0.6) is 0 Å². The van der Waals surface area contributed by atoms with Crippen LogP contribution in [0.1, 0.15) is 23.4 Å². The van der Waals surface area contributed by atoms with Crippen LogP contribution >= 0.6 is 11.5 Å². The van der Waals surface area contributed by atoms with Crippen molar-refractivity contribution in [3.63, 3.8) is 0 Å². The largest absolute Gasteiger partial charge is 0.306 e. The molecular formula is C11H10F3N3S. The fourth-order valence-electron chi connectivity index (χ4n) is 1.63. The van der Waals surface area contributed by atoms with Crippen molar-refractivity contribution in [2.75, 3.05) is 6.54 Å². The summed E-state index contributed by atoms with van der Waals surface area (Å²) in [6, 6.07) is 1.55. The fourth-order valence-corrected chi connectivity index (χ4v) is 2.23. The summed E-state index contributed by atoms with van der Waals surface area (Å²) >= 11 is 1.08. The number of hydrogen-bond donors (Lipinski definition) is 1. The molecule has 1 N–H and O–H groups in total. The Labute approximate surface area is 106 Å². The lowest BCUT2D eigenvalue weighted by Crippen LogP contribution is -2.22. The third kappa shape index (κ3) is 2.37. The summed E-state index contributed by atoms with van der Waals surface area (Å²) in [5, 5.41) is 6.65. The van der Waals surface area contributed by atoms with Gasteiger partial charge in [-0.15, -0.1) is 5.10 Å². The molecule has 2 rings (SSSR count). The third-order valence-electron chi connectivity index (χ3n) is 2.45. The molecule has 0 amide bonds. The normalized spacial score (nSPS) is 12.7. The van der Waals surface area contributed by atoms with Crippen molar-refractivity contribution >= 4 is 11.5 Å². The zero-order valence-electron chi connectivity index (χ0n) is 9.45. The number of halogens is 3. The SMILES string of the molecule is CCNC(c1cnns1)c1ccc(F)c(F)c1F. The first-order chi connectivity index (χ1) is 8.65. The standard InChI is InChI=1S/C11H10F3N3S/c1-2-15-11(8-5-16-17-18-8)6-3-4-7(12)10(14)9(6)13/h3-5,11,15H,2H2,1H3. The summed E-state index contributed by atoms with van der Waals surface area (Å²) in [6.07, 6.45) is 1.47. The molecule has 7 heteroatoms. The van der Waals surface area contributed by atoms with Crippen LogP contribution in [0.3, 0.4) is 0 Å². The van der Waals surface area contributed by atoms with Crippen LogP contribution in [0, 0.1) is 17.5 Å². The molecule has 0 saturated heterocycles. The molecule has 0 aliphatic heterocycles. The molecule has 96 valence electrons. The molecular weight excluding hydrogens is 263 g/mol. The van der Waals surface area contributed by atoms with Crippen molar-refractivity contribution in [2.45, 2.75) is 13.0 Å². The smallest absolute Gasteiger partial charge is 0.194 e. The highest BCUT2D eigenvalue weighted by atomic mass is 32.1. The molecule has 2 aromatic rings. The van der Waals surface area contributed by atoms with E-state index in [0.29, 0.717) is 11.4 Å². The van der Waals surface area contributed by atoms with Crippen LogP contribution in [0.15, 0.2) is 18.3 Å². The molecule has 1 atom stereocenters. The number of benzene rings is 1. The Morgan fingerprint density at radius 2 is 2.06 bits per heavy atom. The molecule has 1 aromatic carbocycles. The lowest BCUT2D eigenvalue weighted by atomic mass is 10.0. The monoisotopic (exact) mass is 273 g/mol. The second-order valence-corrected chi connectivity index (χ2v) is 4.39. The first kappa shape index (κ1) is 13.0. The molecule has 1 unspecified atom stereocenters. The van der Waals surface area contributed by atoms with Gasteiger partial charge in [0, 0.05) is 5.56 Å². The van der Waals surface area contributed by atoms with Gasteiger partial charge in [-0.25, -0.2) is 13.2 Å². The molecule has 0 aliphatic carbocycles. The first-order valence-electron chi connectivity index (χ1n) is 5.29. The Balaban J connectivity index is 2.47. The van der Waals surface area contributed by atoms with Crippen molar-refractivity contribution in [3.8, 4) is 0 Å². The zero-order valence-corrected chi connectivity index (χ0v) is 10.3. The molecule has 3 nitrogen and oxygen atoms in total. The highest BCUT2D eigenvalue weighted by Gasteiger charge is 2.23. The third-order valence-corrected chi connectivity index (χ3v) is 3.18. The molecule has 0 fully saturated rings. The van der Waals surface area contributed by atoms with Gasteiger partial charge in [-0.1, -0.05) is 17.5 Å². The quantitative estimate of drug-likeness (QED) is 0.870. The van der Waals surface area contributed by atoms with Crippen molar-refractivity contribution in [1.29, 1.82) is 0 Å². The van der Waals surface area contributed by atoms with Crippen LogP contribution in [0.2, 0.25) is 0 Å². The Hall–Kier alpha value is -1.47. The molecule has 0 saturated carbocycles. The van der Waals surface area contributed by atoms with Gasteiger partial charge in [-0.05, 0) is 24.1 Å². The molecule has 0 radical (unpaired) electrons. The van der Waals surface area contributed by atoms with E-state index < -0.39 is 23.5 Å². The highest BCUT2D eigenvalue weighted by Crippen LogP contribution is 2.28. The minimum absolute atomic E-state index is 0.0433. The topological polar surface area (TPSA) is 37.8 Å². The van der Waals surface area contributed by atoms with Gasteiger partial charge >= 0.3 is 0 Å². The summed E-state index contributed by atoms with van der Waals surface area (Å²) in [5.74, 6) is -3.85. The molecule has 18 heavy (non-hydrogen) atoms. The predicted molar refractivity (Wildman–Crippen MR) is 61.7 cm³/mol. The van der Waals surface area contributed by atoms with Gasteiger partial charge in [0.1, 0.15) is 0 Å². The summed E-state index contributed by atoms with van der Waals surface area (Å²) in [6.45, 7) is 2.38. The molecule has 1 aromatic heterocycles. The van der Waals surface area contributed by atoms with E-state index in [0.717, 1.165) is 17.6 Å². The van der Waals surface area contributed by atoms with Crippen molar-refractivity contribution in [1.82, 2.24) is 14.9 Å². The number of rotatable bonds is 4. The second kappa shape index (κ2) is 5.45. The van der Waals surface area contributed by atoms with E-state index in [4.69, 9.17) is 0 Å². The van der Waals surface area contributed by atoms with E-state index in [1.165, 1.54) is 12.3 Å². The van der Waals surface area contributed by atoms with Crippen LogP contribution < -0.4 is 5.32 Å². The molecule has 1 heterocycles. The van der Waals surface area contributed by atoms with Gasteiger partial charge in [0.05, 0.1) is 17.1 Å². The van der Waals surface area contributed by atoms with E-state index in [9.17, 15) is 13.2 Å². The number of hydrogen-bond acceptors (Lipinski definition) is 4.